The number of hydrogen-bond acceptors (Lipinski definition) is 8. The molecule has 33 heavy (non-hydrogen) atoms. The summed E-state index contributed by atoms with van der Waals surface area (Å²) in [6.45, 7) is -0.352. The minimum absolute atomic E-state index is 0.0148. The average molecular weight is 447 g/mol. The third kappa shape index (κ3) is 3.90. The predicted molar refractivity (Wildman–Crippen MR) is 113 cm³/mol. The first-order valence-electron chi connectivity index (χ1n) is 9.44. The van der Waals surface area contributed by atoms with Crippen molar-refractivity contribution in [3.63, 3.8) is 0 Å². The molecule has 0 aromatic heterocycles. The number of carbonyl (C=O) groups is 3. The number of nitro groups is 2. The molecule has 0 atom stereocenters. The van der Waals surface area contributed by atoms with Crippen LogP contribution in [0.2, 0.25) is 0 Å². The summed E-state index contributed by atoms with van der Waals surface area (Å²) in [5, 5.41) is 21.9. The van der Waals surface area contributed by atoms with Gasteiger partial charge in [-0.15, -0.1) is 0 Å². The highest BCUT2D eigenvalue weighted by molar-refractivity contribution is 6.34. The van der Waals surface area contributed by atoms with Crippen LogP contribution in [0.3, 0.4) is 0 Å². The van der Waals surface area contributed by atoms with Crippen LogP contribution < -0.4 is 4.90 Å². The zero-order valence-corrected chi connectivity index (χ0v) is 16.7. The molecule has 3 aromatic carbocycles. The van der Waals surface area contributed by atoms with Crippen LogP contribution in [-0.4, -0.2) is 27.6 Å². The molecule has 0 spiro atoms. The third-order valence-corrected chi connectivity index (χ3v) is 4.99. The Labute approximate surface area is 185 Å². The summed E-state index contributed by atoms with van der Waals surface area (Å²) in [7, 11) is 0. The maximum Gasteiger partial charge on any atom is 0.338 e. The molecule has 0 saturated carbocycles. The molecule has 0 saturated heterocycles. The third-order valence-electron chi connectivity index (χ3n) is 4.99. The van der Waals surface area contributed by atoms with E-state index in [-0.39, 0.29) is 45.9 Å². The summed E-state index contributed by atoms with van der Waals surface area (Å²) in [6, 6.07) is 14.5. The molecule has 11 heteroatoms. The van der Waals surface area contributed by atoms with Crippen molar-refractivity contribution >= 4 is 34.8 Å². The Morgan fingerprint density at radius 2 is 1.52 bits per heavy atom. The number of nitrogens with zero attached hydrogens (tertiary/aromatic N) is 3. The van der Waals surface area contributed by atoms with Gasteiger partial charge in [-0.1, -0.05) is 12.1 Å². The van der Waals surface area contributed by atoms with Crippen molar-refractivity contribution < 1.29 is 29.0 Å². The number of amides is 2. The number of ether oxygens (including phenoxy) is 1. The van der Waals surface area contributed by atoms with Crippen molar-refractivity contribution in [1.29, 1.82) is 0 Å². The van der Waals surface area contributed by atoms with Crippen molar-refractivity contribution in [3.8, 4) is 0 Å². The number of esters is 1. The van der Waals surface area contributed by atoms with Gasteiger partial charge in [0, 0.05) is 18.2 Å². The van der Waals surface area contributed by atoms with Crippen LogP contribution in [0.15, 0.2) is 66.7 Å². The number of fused-ring (bicyclic) bond motifs is 1. The van der Waals surface area contributed by atoms with Crippen LogP contribution >= 0.6 is 0 Å². The lowest BCUT2D eigenvalue weighted by Crippen LogP contribution is -2.29. The van der Waals surface area contributed by atoms with Crippen molar-refractivity contribution in [2.24, 2.45) is 0 Å². The number of anilines is 1. The molecule has 3 aromatic rings. The summed E-state index contributed by atoms with van der Waals surface area (Å²) < 4.78 is 5.16. The van der Waals surface area contributed by atoms with Crippen LogP contribution in [0.25, 0.3) is 0 Å². The molecule has 11 nitrogen and oxygen atoms in total. The number of imide groups is 1. The molecule has 1 aliphatic rings. The van der Waals surface area contributed by atoms with Gasteiger partial charge in [0.2, 0.25) is 0 Å². The summed E-state index contributed by atoms with van der Waals surface area (Å²) in [6.07, 6.45) is 0. The van der Waals surface area contributed by atoms with Gasteiger partial charge in [0.1, 0.15) is 6.61 Å². The molecule has 4 rings (SSSR count). The first-order chi connectivity index (χ1) is 15.8. The van der Waals surface area contributed by atoms with Gasteiger partial charge in [0.15, 0.2) is 0 Å². The first kappa shape index (κ1) is 21.3. The van der Waals surface area contributed by atoms with E-state index < -0.39 is 27.6 Å². The van der Waals surface area contributed by atoms with Gasteiger partial charge < -0.3 is 4.74 Å². The van der Waals surface area contributed by atoms with Gasteiger partial charge >= 0.3 is 5.97 Å². The topological polar surface area (TPSA) is 150 Å². The minimum Gasteiger partial charge on any atom is -0.457 e. The SMILES string of the molecule is O=C(OCc1ccccc1[N+](=O)[O-])c1ccc2c(c1)C(=O)N(c1ccc([N+](=O)[O-])cc1)C2=O. The standard InChI is InChI=1S/C22H13N3O8/c26-20-17-10-5-13(22(28)33-12-14-3-1-2-4-19(14)25(31)32)11-18(17)21(27)23(20)15-6-8-16(9-7-15)24(29)30/h1-11H,12H2. The molecule has 0 unspecified atom stereocenters. The highest BCUT2D eigenvalue weighted by Crippen LogP contribution is 2.30. The Hall–Kier alpha value is -4.93. The normalized spacial score (nSPS) is 12.4. The number of nitro benzene ring substituents is 2. The molecular formula is C22H13N3O8. The number of rotatable bonds is 6. The minimum atomic E-state index is -0.829. The van der Waals surface area contributed by atoms with Crippen molar-refractivity contribution in [1.82, 2.24) is 0 Å². The fourth-order valence-corrected chi connectivity index (χ4v) is 3.36. The quantitative estimate of drug-likeness (QED) is 0.240. The highest BCUT2D eigenvalue weighted by Gasteiger charge is 2.37. The van der Waals surface area contributed by atoms with E-state index in [4.69, 9.17) is 4.74 Å². The number of non-ortho nitro benzene ring substituents is 1. The lowest BCUT2D eigenvalue weighted by atomic mass is 10.1. The molecule has 1 heterocycles. The van der Waals surface area contributed by atoms with Gasteiger partial charge in [-0.3, -0.25) is 29.8 Å². The molecule has 1 aliphatic heterocycles. The number of benzene rings is 3. The van der Waals surface area contributed by atoms with Crippen LogP contribution in [0.4, 0.5) is 17.1 Å². The van der Waals surface area contributed by atoms with Crippen LogP contribution in [0.5, 0.6) is 0 Å². The Balaban J connectivity index is 1.55. The Bertz CT molecular complexity index is 1330. The van der Waals surface area contributed by atoms with E-state index in [0.29, 0.717) is 0 Å². The largest absolute Gasteiger partial charge is 0.457 e. The maximum absolute atomic E-state index is 12.8. The van der Waals surface area contributed by atoms with Crippen LogP contribution in [-0.2, 0) is 11.3 Å². The molecular weight excluding hydrogens is 434 g/mol. The summed E-state index contributed by atoms with van der Waals surface area (Å²) in [5.74, 6) is -2.16. The van der Waals surface area contributed by atoms with Crippen molar-refractivity contribution in [3.05, 3.63) is 109 Å². The molecule has 0 N–H and O–H groups in total. The molecule has 2 amide bonds. The smallest absolute Gasteiger partial charge is 0.338 e. The zero-order chi connectivity index (χ0) is 23.7. The highest BCUT2D eigenvalue weighted by atomic mass is 16.6. The van der Waals surface area contributed by atoms with Crippen LogP contribution in [0, 0.1) is 20.2 Å². The van der Waals surface area contributed by atoms with Gasteiger partial charge in [-0.2, -0.15) is 0 Å². The second-order valence-corrected chi connectivity index (χ2v) is 6.94. The van der Waals surface area contributed by atoms with E-state index >= 15 is 0 Å². The van der Waals surface area contributed by atoms with Crippen molar-refractivity contribution in [2.45, 2.75) is 6.61 Å². The summed E-state index contributed by atoms with van der Waals surface area (Å²) in [5.41, 5.74) is -0.0242. The maximum atomic E-state index is 12.8. The summed E-state index contributed by atoms with van der Waals surface area (Å²) >= 11 is 0. The van der Waals surface area contributed by atoms with E-state index in [0.717, 1.165) is 4.90 Å². The average Bonchev–Trinajstić information content (AvgIpc) is 3.07. The predicted octanol–water partition coefficient (Wildman–Crippen LogP) is 3.66. The lowest BCUT2D eigenvalue weighted by molar-refractivity contribution is -0.385. The number of para-hydroxylation sites is 1. The van der Waals surface area contributed by atoms with E-state index in [9.17, 15) is 34.6 Å². The van der Waals surface area contributed by atoms with Crippen LogP contribution in [0.1, 0.15) is 36.6 Å². The first-order valence-corrected chi connectivity index (χ1v) is 9.44. The van der Waals surface area contributed by atoms with Gasteiger partial charge in [-0.25, -0.2) is 9.69 Å². The van der Waals surface area contributed by atoms with Gasteiger partial charge in [0.25, 0.3) is 23.2 Å². The van der Waals surface area contributed by atoms with E-state index in [2.05, 4.69) is 0 Å². The van der Waals surface area contributed by atoms with E-state index in [1.807, 2.05) is 0 Å². The molecule has 164 valence electrons. The van der Waals surface area contributed by atoms with Gasteiger partial charge in [0.05, 0.1) is 37.8 Å². The molecule has 0 radical (unpaired) electrons. The zero-order valence-electron chi connectivity index (χ0n) is 16.7. The Kier molecular flexibility index (Phi) is 5.36. The Morgan fingerprint density at radius 3 is 2.18 bits per heavy atom. The number of hydrogen-bond donors (Lipinski definition) is 0. The lowest BCUT2D eigenvalue weighted by Gasteiger charge is -2.13. The molecule has 0 bridgehead atoms. The fourth-order valence-electron chi connectivity index (χ4n) is 3.36. The summed E-state index contributed by atoms with van der Waals surface area (Å²) in [4.78, 5) is 59.6. The van der Waals surface area contributed by atoms with E-state index in [1.165, 1.54) is 60.7 Å². The van der Waals surface area contributed by atoms with E-state index in [1.54, 1.807) is 6.07 Å². The molecule has 0 fully saturated rings. The van der Waals surface area contributed by atoms with Crippen molar-refractivity contribution in [2.75, 3.05) is 4.90 Å². The van der Waals surface area contributed by atoms with Gasteiger partial charge in [-0.05, 0) is 36.4 Å². The second kappa shape index (κ2) is 8.30. The second-order valence-electron chi connectivity index (χ2n) is 6.94. The fraction of sp³-hybridized carbons (Fsp3) is 0.0455. The molecule has 0 aliphatic carbocycles. The Morgan fingerprint density at radius 1 is 0.848 bits per heavy atom. The number of carbonyl (C=O) groups excluding carboxylic acids is 3. The monoisotopic (exact) mass is 447 g/mol.